The van der Waals surface area contributed by atoms with E-state index < -0.39 is 0 Å². The molecule has 3 rings (SSSR count). The Morgan fingerprint density at radius 2 is 1.67 bits per heavy atom. The lowest BCUT2D eigenvalue weighted by Gasteiger charge is -2.13. The molecular weight excluding hydrogens is 340 g/mol. The smallest absolute Gasteiger partial charge is 0.142 e. The van der Waals surface area contributed by atoms with Gasteiger partial charge >= 0.3 is 0 Å². The Morgan fingerprint density at radius 3 is 2.41 bits per heavy atom. The van der Waals surface area contributed by atoms with Crippen LogP contribution in [0, 0.1) is 6.92 Å². The molecule has 2 aromatic carbocycles. The maximum atomic E-state index is 5.41. The molecule has 0 atom stereocenters. The van der Waals surface area contributed by atoms with Gasteiger partial charge in [-0.2, -0.15) is 0 Å². The summed E-state index contributed by atoms with van der Waals surface area (Å²) in [5.41, 5.74) is 2.07. The lowest BCUT2D eigenvalue weighted by molar-refractivity contribution is 0.405. The Morgan fingerprint density at radius 1 is 0.889 bits per heavy atom. The molecule has 1 aromatic heterocycles. The van der Waals surface area contributed by atoms with Gasteiger partial charge in [0.2, 0.25) is 0 Å². The molecule has 0 saturated heterocycles. The van der Waals surface area contributed by atoms with Gasteiger partial charge in [0, 0.05) is 18.7 Å². The predicted octanol–water partition coefficient (Wildman–Crippen LogP) is 4.20. The topological polar surface area (TPSA) is 68.3 Å². The molecule has 2 N–H and O–H groups in total. The number of aromatic nitrogens is 2. The van der Waals surface area contributed by atoms with E-state index in [2.05, 4.69) is 32.7 Å². The summed E-state index contributed by atoms with van der Waals surface area (Å²) in [5, 5.41) is 6.66. The molecule has 0 fully saturated rings. The van der Waals surface area contributed by atoms with E-state index in [-0.39, 0.29) is 0 Å². The van der Waals surface area contributed by atoms with E-state index >= 15 is 0 Å². The highest BCUT2D eigenvalue weighted by Gasteiger charge is 2.08. The zero-order valence-corrected chi connectivity index (χ0v) is 15.8. The van der Waals surface area contributed by atoms with Gasteiger partial charge in [0.15, 0.2) is 0 Å². The first-order valence-electron chi connectivity index (χ1n) is 8.80. The monoisotopic (exact) mass is 364 g/mol. The summed E-state index contributed by atoms with van der Waals surface area (Å²) in [6, 6.07) is 17.8. The van der Waals surface area contributed by atoms with Crippen molar-refractivity contribution in [3.8, 4) is 11.5 Å². The first kappa shape index (κ1) is 18.5. The van der Waals surface area contributed by atoms with E-state index in [1.165, 1.54) is 5.56 Å². The minimum Gasteiger partial charge on any atom is -0.497 e. The number of ether oxygens (including phenoxy) is 2. The second-order valence-electron chi connectivity index (χ2n) is 6.04. The molecule has 140 valence electrons. The van der Waals surface area contributed by atoms with E-state index in [0.29, 0.717) is 17.4 Å². The third kappa shape index (κ3) is 5.10. The van der Waals surface area contributed by atoms with Gasteiger partial charge in [0.25, 0.3) is 0 Å². The van der Waals surface area contributed by atoms with Gasteiger partial charge in [0.1, 0.15) is 29.0 Å². The minimum absolute atomic E-state index is 0.684. The second-order valence-corrected chi connectivity index (χ2v) is 6.04. The molecule has 0 unspecified atom stereocenters. The van der Waals surface area contributed by atoms with Crippen LogP contribution in [0.2, 0.25) is 0 Å². The molecule has 3 aromatic rings. The molecule has 0 aliphatic carbocycles. The largest absolute Gasteiger partial charge is 0.497 e. The number of nitrogens with zero attached hydrogens (tertiary/aromatic N) is 2. The SMILES string of the molecule is COc1ccc(OC)c(Nc2cc(NCCc3ccccc3)nc(C)n2)c1. The summed E-state index contributed by atoms with van der Waals surface area (Å²) >= 11 is 0. The summed E-state index contributed by atoms with van der Waals surface area (Å²) in [6.45, 7) is 2.67. The number of hydrogen-bond donors (Lipinski definition) is 2. The summed E-state index contributed by atoms with van der Waals surface area (Å²) in [4.78, 5) is 8.93. The van der Waals surface area contributed by atoms with Crippen molar-refractivity contribution in [2.45, 2.75) is 13.3 Å². The van der Waals surface area contributed by atoms with E-state index in [0.717, 1.165) is 30.2 Å². The molecule has 0 spiro atoms. The van der Waals surface area contributed by atoms with Crippen molar-refractivity contribution in [2.24, 2.45) is 0 Å². The van der Waals surface area contributed by atoms with E-state index in [9.17, 15) is 0 Å². The van der Waals surface area contributed by atoms with Crippen LogP contribution in [0.25, 0.3) is 0 Å². The quantitative estimate of drug-likeness (QED) is 0.624. The molecule has 6 nitrogen and oxygen atoms in total. The number of hydrogen-bond acceptors (Lipinski definition) is 6. The molecular formula is C21H24N4O2. The Labute approximate surface area is 159 Å². The first-order chi connectivity index (χ1) is 13.2. The van der Waals surface area contributed by atoms with E-state index in [1.54, 1.807) is 14.2 Å². The second kappa shape index (κ2) is 8.89. The van der Waals surface area contributed by atoms with Gasteiger partial charge in [-0.3, -0.25) is 0 Å². The molecule has 27 heavy (non-hydrogen) atoms. The van der Waals surface area contributed by atoms with Crippen LogP contribution in [0.3, 0.4) is 0 Å². The van der Waals surface area contributed by atoms with Gasteiger partial charge in [-0.25, -0.2) is 9.97 Å². The Bertz CT molecular complexity index is 885. The zero-order chi connectivity index (χ0) is 19.1. The van der Waals surface area contributed by atoms with Crippen molar-refractivity contribution in [1.82, 2.24) is 9.97 Å². The van der Waals surface area contributed by atoms with Crippen LogP contribution in [0.1, 0.15) is 11.4 Å². The van der Waals surface area contributed by atoms with Crippen LogP contribution in [-0.2, 0) is 6.42 Å². The molecule has 0 aliphatic heterocycles. The zero-order valence-electron chi connectivity index (χ0n) is 15.8. The third-order valence-corrected chi connectivity index (χ3v) is 4.07. The lowest BCUT2D eigenvalue weighted by atomic mass is 10.1. The molecule has 0 radical (unpaired) electrons. The highest BCUT2D eigenvalue weighted by molar-refractivity contribution is 5.67. The van der Waals surface area contributed by atoms with Crippen molar-refractivity contribution < 1.29 is 9.47 Å². The van der Waals surface area contributed by atoms with Gasteiger partial charge < -0.3 is 20.1 Å². The van der Waals surface area contributed by atoms with Crippen LogP contribution < -0.4 is 20.1 Å². The Hall–Kier alpha value is -3.28. The highest BCUT2D eigenvalue weighted by Crippen LogP contribution is 2.31. The fourth-order valence-corrected chi connectivity index (χ4v) is 2.75. The molecule has 0 amide bonds. The van der Waals surface area contributed by atoms with Gasteiger partial charge in [-0.1, -0.05) is 30.3 Å². The van der Waals surface area contributed by atoms with Crippen LogP contribution >= 0.6 is 0 Å². The Balaban J connectivity index is 1.71. The number of nitrogens with one attached hydrogen (secondary N) is 2. The van der Waals surface area contributed by atoms with Gasteiger partial charge in [0.05, 0.1) is 19.9 Å². The van der Waals surface area contributed by atoms with E-state index in [1.807, 2.05) is 49.4 Å². The summed E-state index contributed by atoms with van der Waals surface area (Å²) in [7, 11) is 3.27. The van der Waals surface area contributed by atoms with Crippen LogP contribution in [0.15, 0.2) is 54.6 Å². The number of anilines is 3. The number of aryl methyl sites for hydroxylation is 1. The molecule has 1 heterocycles. The van der Waals surface area contributed by atoms with Gasteiger partial charge in [-0.15, -0.1) is 0 Å². The lowest BCUT2D eigenvalue weighted by Crippen LogP contribution is -2.08. The Kier molecular flexibility index (Phi) is 6.10. The van der Waals surface area contributed by atoms with Crippen molar-refractivity contribution >= 4 is 17.3 Å². The summed E-state index contributed by atoms with van der Waals surface area (Å²) in [5.74, 6) is 3.61. The van der Waals surface area contributed by atoms with Crippen LogP contribution in [0.5, 0.6) is 11.5 Å². The van der Waals surface area contributed by atoms with E-state index in [4.69, 9.17) is 9.47 Å². The maximum absolute atomic E-state index is 5.41. The average Bonchev–Trinajstić information content (AvgIpc) is 2.68. The summed E-state index contributed by atoms with van der Waals surface area (Å²) in [6.07, 6.45) is 0.927. The fourth-order valence-electron chi connectivity index (χ4n) is 2.75. The molecule has 0 aliphatic rings. The molecule has 0 saturated carbocycles. The first-order valence-corrected chi connectivity index (χ1v) is 8.80. The highest BCUT2D eigenvalue weighted by atomic mass is 16.5. The molecule has 0 bridgehead atoms. The van der Waals surface area contributed by atoms with Crippen LogP contribution in [0.4, 0.5) is 17.3 Å². The van der Waals surface area contributed by atoms with Gasteiger partial charge in [-0.05, 0) is 31.0 Å². The third-order valence-electron chi connectivity index (χ3n) is 4.07. The number of benzene rings is 2. The van der Waals surface area contributed by atoms with Crippen molar-refractivity contribution in [1.29, 1.82) is 0 Å². The predicted molar refractivity (Wildman–Crippen MR) is 108 cm³/mol. The number of methoxy groups -OCH3 is 2. The van der Waals surface area contributed by atoms with Crippen molar-refractivity contribution in [2.75, 3.05) is 31.4 Å². The average molecular weight is 364 g/mol. The minimum atomic E-state index is 0.684. The summed E-state index contributed by atoms with van der Waals surface area (Å²) < 4.78 is 10.7. The normalized spacial score (nSPS) is 10.3. The fraction of sp³-hybridized carbons (Fsp3) is 0.238. The van der Waals surface area contributed by atoms with Crippen molar-refractivity contribution in [3.05, 3.63) is 66.0 Å². The molecule has 6 heteroatoms. The maximum Gasteiger partial charge on any atom is 0.142 e. The standard InChI is InChI=1S/C21H24N4O2/c1-15-23-20(22-12-11-16-7-5-4-6-8-16)14-21(24-15)25-18-13-17(26-2)9-10-19(18)27-3/h4-10,13-14H,11-12H2,1-3H3,(H2,22,23,24,25). The van der Waals surface area contributed by atoms with Crippen molar-refractivity contribution in [3.63, 3.8) is 0 Å². The number of rotatable bonds is 8. The van der Waals surface area contributed by atoms with Crippen LogP contribution in [-0.4, -0.2) is 30.7 Å².